The topological polar surface area (TPSA) is 66.1 Å². The van der Waals surface area contributed by atoms with Crippen LogP contribution in [0.2, 0.25) is 0 Å². The fourth-order valence-electron chi connectivity index (χ4n) is 3.14. The number of H-pyrrole nitrogens is 1. The van der Waals surface area contributed by atoms with E-state index in [0.717, 1.165) is 13.1 Å². The number of aromatic amines is 1. The summed E-state index contributed by atoms with van der Waals surface area (Å²) in [5.41, 5.74) is 0.562. The smallest absolute Gasteiger partial charge is 0.258 e. The molecule has 5 heteroatoms. The van der Waals surface area contributed by atoms with E-state index in [1.54, 1.807) is 6.07 Å². The molecule has 0 atom stereocenters. The summed E-state index contributed by atoms with van der Waals surface area (Å²) >= 11 is 0. The van der Waals surface area contributed by atoms with Crippen LogP contribution in [0.3, 0.4) is 0 Å². The normalized spacial score (nSPS) is 17.2. The Morgan fingerprint density at radius 2 is 1.79 bits per heavy atom. The highest BCUT2D eigenvalue weighted by molar-refractivity contribution is 5.78. The molecule has 1 aromatic heterocycles. The summed E-state index contributed by atoms with van der Waals surface area (Å²) in [4.78, 5) is 34.0. The number of hydrogen-bond acceptors (Lipinski definition) is 3. The Labute approximate surface area is 141 Å². The van der Waals surface area contributed by atoms with E-state index in [1.807, 2.05) is 18.2 Å². The molecule has 5 nitrogen and oxygen atoms in total. The molecule has 24 heavy (non-hydrogen) atoms. The first-order valence-corrected chi connectivity index (χ1v) is 8.95. The zero-order chi connectivity index (χ0) is 16.5. The van der Waals surface area contributed by atoms with Gasteiger partial charge in [-0.05, 0) is 49.7 Å². The standard InChI is InChI=1S/C19H23N3O2/c23-18(22(11-13-5-6-13)12-14-7-8-14)10-9-17-20-16-4-2-1-3-15(16)19(24)21-17/h1-4,13-14H,5-12H2,(H,20,21,24). The van der Waals surface area contributed by atoms with Crippen molar-refractivity contribution in [2.45, 2.75) is 38.5 Å². The summed E-state index contributed by atoms with van der Waals surface area (Å²) in [5, 5.41) is 0.594. The Bertz CT molecular complexity index is 792. The van der Waals surface area contributed by atoms with Crippen molar-refractivity contribution in [2.24, 2.45) is 11.8 Å². The average Bonchev–Trinajstić information content (AvgIpc) is 3.48. The molecular weight excluding hydrogens is 302 g/mol. The number of benzene rings is 1. The predicted molar refractivity (Wildman–Crippen MR) is 92.7 cm³/mol. The van der Waals surface area contributed by atoms with Gasteiger partial charge in [0.2, 0.25) is 5.91 Å². The van der Waals surface area contributed by atoms with Crippen molar-refractivity contribution < 1.29 is 4.79 Å². The Hall–Kier alpha value is -2.17. The van der Waals surface area contributed by atoms with E-state index < -0.39 is 0 Å². The highest BCUT2D eigenvalue weighted by Gasteiger charge is 2.31. The van der Waals surface area contributed by atoms with Crippen LogP contribution >= 0.6 is 0 Å². The molecule has 2 saturated carbocycles. The van der Waals surface area contributed by atoms with Crippen LogP contribution in [-0.2, 0) is 11.2 Å². The maximum Gasteiger partial charge on any atom is 0.258 e. The van der Waals surface area contributed by atoms with Gasteiger partial charge in [0.25, 0.3) is 5.56 Å². The van der Waals surface area contributed by atoms with Gasteiger partial charge in [-0.25, -0.2) is 4.98 Å². The average molecular weight is 325 g/mol. The molecule has 2 aliphatic rings. The second-order valence-corrected chi connectivity index (χ2v) is 7.22. The Kier molecular flexibility index (Phi) is 4.08. The van der Waals surface area contributed by atoms with Crippen LogP contribution in [-0.4, -0.2) is 33.9 Å². The summed E-state index contributed by atoms with van der Waals surface area (Å²) < 4.78 is 0. The third-order valence-corrected chi connectivity index (χ3v) is 4.94. The highest BCUT2D eigenvalue weighted by atomic mass is 16.2. The molecule has 2 aliphatic carbocycles. The molecule has 1 N–H and O–H groups in total. The third-order valence-electron chi connectivity index (χ3n) is 4.94. The molecular formula is C19H23N3O2. The van der Waals surface area contributed by atoms with E-state index in [4.69, 9.17) is 0 Å². The van der Waals surface area contributed by atoms with Crippen LogP contribution in [0.4, 0.5) is 0 Å². The van der Waals surface area contributed by atoms with Gasteiger partial charge < -0.3 is 9.88 Å². The number of carbonyl (C=O) groups excluding carboxylic acids is 1. The van der Waals surface area contributed by atoms with E-state index in [9.17, 15) is 9.59 Å². The van der Waals surface area contributed by atoms with Crippen LogP contribution in [0.1, 0.15) is 37.9 Å². The molecule has 4 rings (SSSR count). The second-order valence-electron chi connectivity index (χ2n) is 7.22. The van der Waals surface area contributed by atoms with Gasteiger partial charge in [0, 0.05) is 25.9 Å². The molecule has 0 bridgehead atoms. The molecule has 0 saturated heterocycles. The molecule has 0 spiro atoms. The molecule has 1 heterocycles. The number of nitrogens with one attached hydrogen (secondary N) is 1. The quantitative estimate of drug-likeness (QED) is 0.850. The van der Waals surface area contributed by atoms with Gasteiger partial charge in [0.15, 0.2) is 0 Å². The third kappa shape index (κ3) is 3.66. The fourth-order valence-corrected chi connectivity index (χ4v) is 3.14. The number of rotatable bonds is 7. The number of carbonyl (C=O) groups is 1. The van der Waals surface area contributed by atoms with Crippen molar-refractivity contribution in [2.75, 3.05) is 13.1 Å². The number of amides is 1. The van der Waals surface area contributed by atoms with Gasteiger partial charge in [-0.3, -0.25) is 9.59 Å². The lowest BCUT2D eigenvalue weighted by Gasteiger charge is -2.22. The van der Waals surface area contributed by atoms with E-state index >= 15 is 0 Å². The number of aromatic nitrogens is 2. The van der Waals surface area contributed by atoms with Crippen LogP contribution in [0.25, 0.3) is 10.9 Å². The van der Waals surface area contributed by atoms with Crippen molar-refractivity contribution in [1.82, 2.24) is 14.9 Å². The van der Waals surface area contributed by atoms with Crippen LogP contribution in [0.15, 0.2) is 29.1 Å². The summed E-state index contributed by atoms with van der Waals surface area (Å²) in [6.07, 6.45) is 5.94. The lowest BCUT2D eigenvalue weighted by atomic mass is 10.2. The van der Waals surface area contributed by atoms with Gasteiger partial charge in [-0.1, -0.05) is 12.1 Å². The van der Waals surface area contributed by atoms with Crippen molar-refractivity contribution in [3.8, 4) is 0 Å². The SMILES string of the molecule is O=C(CCc1nc2ccccc2c(=O)[nH]1)N(CC1CC1)CC1CC1. The molecule has 0 radical (unpaired) electrons. The number of fused-ring (bicyclic) bond motifs is 1. The minimum absolute atomic E-state index is 0.129. The second kappa shape index (κ2) is 6.38. The highest BCUT2D eigenvalue weighted by Crippen LogP contribution is 2.34. The molecule has 126 valence electrons. The maximum atomic E-state index is 12.6. The summed E-state index contributed by atoms with van der Waals surface area (Å²) in [6.45, 7) is 1.83. The molecule has 0 unspecified atom stereocenters. The predicted octanol–water partition coefficient (Wildman–Crippen LogP) is 2.50. The van der Waals surface area contributed by atoms with Gasteiger partial charge in [-0.15, -0.1) is 0 Å². The van der Waals surface area contributed by atoms with Crippen molar-refractivity contribution in [1.29, 1.82) is 0 Å². The minimum Gasteiger partial charge on any atom is -0.342 e. The zero-order valence-electron chi connectivity index (χ0n) is 13.8. The summed E-state index contributed by atoms with van der Waals surface area (Å²) in [7, 11) is 0. The lowest BCUT2D eigenvalue weighted by molar-refractivity contribution is -0.131. The van der Waals surface area contributed by atoms with E-state index in [0.29, 0.717) is 41.4 Å². The fraction of sp³-hybridized carbons (Fsp3) is 0.526. The molecule has 1 aromatic carbocycles. The van der Waals surface area contributed by atoms with E-state index in [1.165, 1.54) is 25.7 Å². The molecule has 2 aromatic rings. The Morgan fingerprint density at radius 3 is 2.46 bits per heavy atom. The maximum absolute atomic E-state index is 12.6. The number of aryl methyl sites for hydroxylation is 1. The van der Waals surface area contributed by atoms with Crippen LogP contribution < -0.4 is 5.56 Å². The van der Waals surface area contributed by atoms with E-state index in [2.05, 4.69) is 14.9 Å². The van der Waals surface area contributed by atoms with Crippen LogP contribution in [0.5, 0.6) is 0 Å². The van der Waals surface area contributed by atoms with Gasteiger partial charge in [0.05, 0.1) is 10.9 Å². The lowest BCUT2D eigenvalue weighted by Crippen LogP contribution is -2.35. The van der Waals surface area contributed by atoms with E-state index in [-0.39, 0.29) is 11.5 Å². The monoisotopic (exact) mass is 325 g/mol. The first-order chi connectivity index (χ1) is 11.7. The summed E-state index contributed by atoms with van der Waals surface area (Å²) in [6, 6.07) is 7.30. The Morgan fingerprint density at radius 1 is 1.12 bits per heavy atom. The van der Waals surface area contributed by atoms with Crippen molar-refractivity contribution >= 4 is 16.8 Å². The first-order valence-electron chi connectivity index (χ1n) is 8.95. The number of para-hydroxylation sites is 1. The Balaban J connectivity index is 1.42. The van der Waals surface area contributed by atoms with Crippen LogP contribution in [0, 0.1) is 11.8 Å². The molecule has 2 fully saturated rings. The summed E-state index contributed by atoms with van der Waals surface area (Å²) in [5.74, 6) is 2.23. The molecule has 1 amide bonds. The van der Waals surface area contributed by atoms with Crippen molar-refractivity contribution in [3.05, 3.63) is 40.4 Å². The number of hydrogen-bond donors (Lipinski definition) is 1. The largest absolute Gasteiger partial charge is 0.342 e. The first kappa shape index (κ1) is 15.4. The van der Waals surface area contributed by atoms with Gasteiger partial charge in [-0.2, -0.15) is 0 Å². The van der Waals surface area contributed by atoms with Gasteiger partial charge in [0.1, 0.15) is 5.82 Å². The van der Waals surface area contributed by atoms with Gasteiger partial charge >= 0.3 is 0 Å². The minimum atomic E-state index is -0.129. The van der Waals surface area contributed by atoms with Crippen molar-refractivity contribution in [3.63, 3.8) is 0 Å². The zero-order valence-corrected chi connectivity index (χ0v) is 13.8. The molecule has 0 aliphatic heterocycles. The number of nitrogens with zero attached hydrogens (tertiary/aromatic N) is 2.